The van der Waals surface area contributed by atoms with E-state index in [-0.39, 0.29) is 11.5 Å². The van der Waals surface area contributed by atoms with Crippen LogP contribution >= 0.6 is 11.3 Å². The molecule has 3 N–H and O–H groups in total. The first kappa shape index (κ1) is 13.7. The Morgan fingerprint density at radius 2 is 2.29 bits per heavy atom. The number of carbonyl (C=O) groups is 2. The SMILES string of the molecule is CCCCOC(=O)C(N)(C(=O)O)c1cccs1. The van der Waals surface area contributed by atoms with E-state index in [4.69, 9.17) is 15.6 Å². The molecule has 0 amide bonds. The fourth-order valence-corrected chi connectivity index (χ4v) is 2.04. The van der Waals surface area contributed by atoms with Gasteiger partial charge in [0, 0.05) is 4.88 Å². The van der Waals surface area contributed by atoms with Gasteiger partial charge in [-0.05, 0) is 17.9 Å². The minimum atomic E-state index is -2.10. The van der Waals surface area contributed by atoms with E-state index >= 15 is 0 Å². The molecule has 6 heteroatoms. The number of aliphatic carboxylic acids is 1. The van der Waals surface area contributed by atoms with Crippen LogP contribution in [0.1, 0.15) is 24.6 Å². The Kier molecular flexibility index (Phi) is 4.65. The van der Waals surface area contributed by atoms with E-state index in [0.717, 1.165) is 17.8 Å². The van der Waals surface area contributed by atoms with Crippen molar-refractivity contribution in [2.75, 3.05) is 6.61 Å². The largest absolute Gasteiger partial charge is 0.479 e. The van der Waals surface area contributed by atoms with Gasteiger partial charge in [0.05, 0.1) is 6.61 Å². The maximum Gasteiger partial charge on any atom is 0.343 e. The predicted molar refractivity (Wildman–Crippen MR) is 63.7 cm³/mol. The van der Waals surface area contributed by atoms with Gasteiger partial charge in [-0.1, -0.05) is 19.4 Å². The lowest BCUT2D eigenvalue weighted by Crippen LogP contribution is -2.52. The topological polar surface area (TPSA) is 89.6 Å². The maximum absolute atomic E-state index is 11.8. The van der Waals surface area contributed by atoms with E-state index in [2.05, 4.69) is 0 Å². The lowest BCUT2D eigenvalue weighted by atomic mass is 9.99. The third kappa shape index (κ3) is 2.83. The van der Waals surface area contributed by atoms with Gasteiger partial charge in [-0.15, -0.1) is 11.3 Å². The van der Waals surface area contributed by atoms with Gasteiger partial charge in [-0.25, -0.2) is 9.59 Å². The molecular weight excluding hydrogens is 242 g/mol. The van der Waals surface area contributed by atoms with Crippen LogP contribution < -0.4 is 5.73 Å². The second kappa shape index (κ2) is 5.79. The van der Waals surface area contributed by atoms with Crippen molar-refractivity contribution in [1.82, 2.24) is 0 Å². The summed E-state index contributed by atoms with van der Waals surface area (Å²) in [6.45, 7) is 2.13. The van der Waals surface area contributed by atoms with Gasteiger partial charge in [-0.2, -0.15) is 0 Å². The zero-order chi connectivity index (χ0) is 12.9. The standard InChI is InChI=1S/C11H15NO4S/c1-2-3-6-16-10(15)11(12,9(13)14)8-5-4-7-17-8/h4-5,7H,2-3,6,12H2,1H3,(H,13,14). The lowest BCUT2D eigenvalue weighted by Gasteiger charge is -2.21. The second-order valence-corrected chi connectivity index (χ2v) is 4.53. The van der Waals surface area contributed by atoms with Gasteiger partial charge < -0.3 is 15.6 Å². The Morgan fingerprint density at radius 3 is 2.76 bits per heavy atom. The molecular formula is C11H15NO4S. The molecule has 1 atom stereocenters. The summed E-state index contributed by atoms with van der Waals surface area (Å²) in [7, 11) is 0. The number of rotatable bonds is 6. The van der Waals surface area contributed by atoms with Crippen molar-refractivity contribution in [2.24, 2.45) is 5.73 Å². The van der Waals surface area contributed by atoms with Crippen LogP contribution in [0.4, 0.5) is 0 Å². The number of hydrogen-bond acceptors (Lipinski definition) is 5. The van der Waals surface area contributed by atoms with E-state index < -0.39 is 17.5 Å². The molecule has 0 aliphatic heterocycles. The quantitative estimate of drug-likeness (QED) is 0.456. The zero-order valence-electron chi connectivity index (χ0n) is 9.51. The van der Waals surface area contributed by atoms with Crippen LogP contribution in [0.3, 0.4) is 0 Å². The lowest BCUT2D eigenvalue weighted by molar-refractivity contribution is -0.161. The van der Waals surface area contributed by atoms with Crippen molar-refractivity contribution in [1.29, 1.82) is 0 Å². The van der Waals surface area contributed by atoms with Gasteiger partial charge in [0.15, 0.2) is 0 Å². The van der Waals surface area contributed by atoms with Crippen LogP contribution in [0.5, 0.6) is 0 Å². The highest BCUT2D eigenvalue weighted by Crippen LogP contribution is 2.25. The molecule has 0 aliphatic rings. The highest BCUT2D eigenvalue weighted by atomic mass is 32.1. The van der Waals surface area contributed by atoms with Gasteiger partial charge in [0.1, 0.15) is 0 Å². The fraction of sp³-hybridized carbons (Fsp3) is 0.455. The first-order chi connectivity index (χ1) is 8.03. The summed E-state index contributed by atoms with van der Waals surface area (Å²) in [5.74, 6) is -2.32. The van der Waals surface area contributed by atoms with Crippen molar-refractivity contribution in [3.05, 3.63) is 22.4 Å². The number of ether oxygens (including phenoxy) is 1. The first-order valence-corrected chi connectivity index (χ1v) is 6.15. The van der Waals surface area contributed by atoms with Crippen molar-refractivity contribution < 1.29 is 19.4 Å². The molecule has 0 saturated heterocycles. The third-order valence-corrected chi connectivity index (χ3v) is 3.31. The molecule has 0 aliphatic carbocycles. The molecule has 0 saturated carbocycles. The Labute approximate surface area is 103 Å². The van der Waals surface area contributed by atoms with Gasteiger partial charge in [0.2, 0.25) is 5.54 Å². The second-order valence-electron chi connectivity index (χ2n) is 3.58. The molecule has 1 unspecified atom stereocenters. The Hall–Kier alpha value is -1.40. The molecule has 1 heterocycles. The van der Waals surface area contributed by atoms with Crippen LogP contribution in [0.15, 0.2) is 17.5 Å². The number of nitrogens with two attached hydrogens (primary N) is 1. The highest BCUT2D eigenvalue weighted by molar-refractivity contribution is 7.10. The summed E-state index contributed by atoms with van der Waals surface area (Å²) < 4.78 is 4.89. The van der Waals surface area contributed by atoms with Crippen LogP contribution in [-0.4, -0.2) is 23.7 Å². The van der Waals surface area contributed by atoms with Gasteiger partial charge in [-0.3, -0.25) is 0 Å². The summed E-state index contributed by atoms with van der Waals surface area (Å²) in [5, 5.41) is 10.8. The molecule has 1 aromatic heterocycles. The Morgan fingerprint density at radius 1 is 1.59 bits per heavy atom. The summed E-state index contributed by atoms with van der Waals surface area (Å²) >= 11 is 1.12. The number of unbranched alkanes of at least 4 members (excludes halogenated alkanes) is 1. The summed E-state index contributed by atoms with van der Waals surface area (Å²) in [6, 6.07) is 3.16. The molecule has 1 rings (SSSR count). The average molecular weight is 257 g/mol. The predicted octanol–water partition coefficient (Wildman–Crippen LogP) is 1.33. The number of carbonyl (C=O) groups excluding carboxylic acids is 1. The van der Waals surface area contributed by atoms with E-state index in [1.54, 1.807) is 11.4 Å². The number of carboxylic acid groups (broad SMARTS) is 1. The van der Waals surface area contributed by atoms with Crippen molar-refractivity contribution in [3.63, 3.8) is 0 Å². The number of carboxylic acids is 1. The van der Waals surface area contributed by atoms with Crippen LogP contribution in [0.25, 0.3) is 0 Å². The third-order valence-electron chi connectivity index (χ3n) is 2.30. The number of hydrogen-bond donors (Lipinski definition) is 2. The first-order valence-electron chi connectivity index (χ1n) is 5.27. The molecule has 1 aromatic rings. The van der Waals surface area contributed by atoms with E-state index in [1.165, 1.54) is 6.07 Å². The van der Waals surface area contributed by atoms with Gasteiger partial charge >= 0.3 is 11.9 Å². The number of esters is 1. The summed E-state index contributed by atoms with van der Waals surface area (Å²) in [5.41, 5.74) is 3.57. The summed E-state index contributed by atoms with van der Waals surface area (Å²) in [4.78, 5) is 23.2. The molecule has 0 spiro atoms. The summed E-state index contributed by atoms with van der Waals surface area (Å²) in [6.07, 6.45) is 1.54. The van der Waals surface area contributed by atoms with Crippen molar-refractivity contribution in [2.45, 2.75) is 25.3 Å². The normalized spacial score (nSPS) is 14.0. The Balaban J connectivity index is 2.86. The van der Waals surface area contributed by atoms with Crippen LogP contribution in [0.2, 0.25) is 0 Å². The van der Waals surface area contributed by atoms with E-state index in [1.807, 2.05) is 6.92 Å². The van der Waals surface area contributed by atoms with Crippen LogP contribution in [0, 0.1) is 0 Å². The Bertz CT molecular complexity index is 390. The van der Waals surface area contributed by atoms with Crippen LogP contribution in [-0.2, 0) is 19.9 Å². The van der Waals surface area contributed by atoms with Crippen molar-refractivity contribution >= 4 is 23.3 Å². The average Bonchev–Trinajstić information content (AvgIpc) is 2.81. The molecule has 5 nitrogen and oxygen atoms in total. The molecule has 0 aromatic carbocycles. The van der Waals surface area contributed by atoms with E-state index in [0.29, 0.717) is 6.42 Å². The molecule has 17 heavy (non-hydrogen) atoms. The maximum atomic E-state index is 11.8. The molecule has 0 bridgehead atoms. The zero-order valence-corrected chi connectivity index (χ0v) is 10.3. The highest BCUT2D eigenvalue weighted by Gasteiger charge is 2.46. The number of thiophene rings is 1. The minimum absolute atomic E-state index is 0.187. The molecule has 94 valence electrons. The molecule has 0 fully saturated rings. The molecule has 0 radical (unpaired) electrons. The van der Waals surface area contributed by atoms with Crippen molar-refractivity contribution in [3.8, 4) is 0 Å². The fourth-order valence-electron chi connectivity index (χ4n) is 1.22. The van der Waals surface area contributed by atoms with E-state index in [9.17, 15) is 9.59 Å². The minimum Gasteiger partial charge on any atom is -0.479 e. The monoisotopic (exact) mass is 257 g/mol. The smallest absolute Gasteiger partial charge is 0.343 e. The van der Waals surface area contributed by atoms with Gasteiger partial charge in [0.25, 0.3) is 0 Å².